The number of aliphatic carboxylic acids is 2. The Hall–Kier alpha value is -1.98. The van der Waals surface area contributed by atoms with Crippen molar-refractivity contribution in [3.63, 3.8) is 0 Å². The van der Waals surface area contributed by atoms with Crippen LogP contribution in [0.4, 0.5) is 0 Å². The van der Waals surface area contributed by atoms with Gasteiger partial charge in [-0.15, -0.1) is 0 Å². The van der Waals surface area contributed by atoms with Gasteiger partial charge in [0.25, 0.3) is 0 Å². The van der Waals surface area contributed by atoms with E-state index >= 15 is 0 Å². The molecule has 0 bridgehead atoms. The predicted octanol–water partition coefficient (Wildman–Crippen LogP) is -0.368. The number of carboxylic acids is 2. The molecule has 0 unspecified atom stereocenters. The van der Waals surface area contributed by atoms with E-state index in [1.54, 1.807) is 12.4 Å². The summed E-state index contributed by atoms with van der Waals surface area (Å²) in [7, 11) is 0. The molecule has 6 heteroatoms. The molecule has 0 fully saturated rings. The number of rotatable bonds is 0. The summed E-state index contributed by atoms with van der Waals surface area (Å²) in [6.07, 6.45) is 3.28. The molecular weight excluding hydrogens is 164 g/mol. The lowest BCUT2D eigenvalue weighted by Gasteiger charge is -1.72. The number of carboxylic acid groups (broad SMARTS) is 2. The summed E-state index contributed by atoms with van der Waals surface area (Å²) >= 11 is 0. The first-order chi connectivity index (χ1) is 5.64. The topological polar surface area (TPSA) is 100 Å². The van der Waals surface area contributed by atoms with Crippen LogP contribution in [0, 0.1) is 0 Å². The largest absolute Gasteiger partial charge is 0.473 e. The number of nitrogens with zero attached hydrogens (tertiary/aromatic N) is 2. The minimum Gasteiger partial charge on any atom is -0.473 e. The van der Waals surface area contributed by atoms with Gasteiger partial charge in [0.1, 0.15) is 0 Å². The van der Waals surface area contributed by atoms with E-state index in [2.05, 4.69) is 10.2 Å². The molecular formula is C6H6N2O4. The maximum absolute atomic E-state index is 9.10. The fourth-order valence-electron chi connectivity index (χ4n) is 0.253. The standard InChI is InChI=1S/C4H4N2.C2H2O4/c1-2-4-6-5-3-1;3-1(4)2(5)6/h1-4H;(H,3,4)(H,5,6). The van der Waals surface area contributed by atoms with E-state index in [-0.39, 0.29) is 0 Å². The van der Waals surface area contributed by atoms with Gasteiger partial charge in [-0.25, -0.2) is 9.59 Å². The molecule has 0 atom stereocenters. The van der Waals surface area contributed by atoms with E-state index in [1.807, 2.05) is 12.1 Å². The lowest BCUT2D eigenvalue weighted by atomic mass is 10.6. The Morgan fingerprint density at radius 3 is 1.33 bits per heavy atom. The van der Waals surface area contributed by atoms with Gasteiger partial charge in [-0.2, -0.15) is 10.2 Å². The lowest BCUT2D eigenvalue weighted by molar-refractivity contribution is -0.159. The Bertz CT molecular complexity index is 210. The third kappa shape index (κ3) is 6.14. The van der Waals surface area contributed by atoms with Crippen LogP contribution >= 0.6 is 0 Å². The molecule has 6 nitrogen and oxygen atoms in total. The molecule has 0 aliphatic heterocycles. The third-order valence-electron chi connectivity index (χ3n) is 0.666. The van der Waals surface area contributed by atoms with Crippen LogP contribution in [-0.4, -0.2) is 32.3 Å². The molecule has 0 aliphatic rings. The van der Waals surface area contributed by atoms with Crippen molar-refractivity contribution in [1.29, 1.82) is 0 Å². The SMILES string of the molecule is O=C(O)C(=O)O.c1ccnnc1. The first-order valence-electron chi connectivity index (χ1n) is 2.82. The normalized spacial score (nSPS) is 7.67. The van der Waals surface area contributed by atoms with Gasteiger partial charge in [0, 0.05) is 12.4 Å². The van der Waals surface area contributed by atoms with E-state index in [0.717, 1.165) is 0 Å². The molecule has 0 spiro atoms. The van der Waals surface area contributed by atoms with Crippen LogP contribution in [0.1, 0.15) is 0 Å². The first-order valence-corrected chi connectivity index (χ1v) is 2.82. The molecule has 0 saturated carbocycles. The number of hydrogen-bond acceptors (Lipinski definition) is 4. The highest BCUT2D eigenvalue weighted by atomic mass is 16.4. The van der Waals surface area contributed by atoms with E-state index < -0.39 is 11.9 Å². The summed E-state index contributed by atoms with van der Waals surface area (Å²) < 4.78 is 0. The van der Waals surface area contributed by atoms with Gasteiger partial charge in [-0.3, -0.25) is 0 Å². The molecule has 1 aromatic rings. The summed E-state index contributed by atoms with van der Waals surface area (Å²) in [5, 5.41) is 21.9. The number of aromatic nitrogens is 2. The number of carbonyl (C=O) groups is 2. The van der Waals surface area contributed by atoms with Crippen LogP contribution in [0.3, 0.4) is 0 Å². The molecule has 0 saturated heterocycles. The Labute approximate surface area is 67.5 Å². The molecule has 0 amide bonds. The molecule has 1 aromatic heterocycles. The zero-order valence-electron chi connectivity index (χ0n) is 5.91. The molecule has 12 heavy (non-hydrogen) atoms. The van der Waals surface area contributed by atoms with Gasteiger partial charge in [0.15, 0.2) is 0 Å². The monoisotopic (exact) mass is 170 g/mol. The Morgan fingerprint density at radius 1 is 0.917 bits per heavy atom. The molecule has 0 aliphatic carbocycles. The minimum atomic E-state index is -1.82. The van der Waals surface area contributed by atoms with Crippen LogP contribution in [0.2, 0.25) is 0 Å². The first kappa shape index (κ1) is 10.0. The summed E-state index contributed by atoms with van der Waals surface area (Å²) in [4.78, 5) is 18.2. The van der Waals surface area contributed by atoms with Crippen molar-refractivity contribution in [2.45, 2.75) is 0 Å². The second kappa shape index (κ2) is 5.78. The van der Waals surface area contributed by atoms with Gasteiger partial charge < -0.3 is 10.2 Å². The van der Waals surface area contributed by atoms with E-state index in [1.165, 1.54) is 0 Å². The zero-order valence-corrected chi connectivity index (χ0v) is 5.91. The maximum Gasteiger partial charge on any atom is 0.414 e. The van der Waals surface area contributed by atoms with Crippen molar-refractivity contribution in [2.75, 3.05) is 0 Å². The highest BCUT2D eigenvalue weighted by Gasteiger charge is 2.04. The van der Waals surface area contributed by atoms with Crippen molar-refractivity contribution >= 4 is 11.9 Å². The molecule has 1 heterocycles. The minimum absolute atomic E-state index is 1.64. The molecule has 1 rings (SSSR count). The summed E-state index contributed by atoms with van der Waals surface area (Å²) in [6.45, 7) is 0. The summed E-state index contributed by atoms with van der Waals surface area (Å²) in [5.74, 6) is -3.65. The van der Waals surface area contributed by atoms with Gasteiger partial charge >= 0.3 is 11.9 Å². The van der Waals surface area contributed by atoms with Crippen LogP contribution in [-0.2, 0) is 9.59 Å². The fraction of sp³-hybridized carbons (Fsp3) is 0. The van der Waals surface area contributed by atoms with Crippen LogP contribution in [0.25, 0.3) is 0 Å². The van der Waals surface area contributed by atoms with Gasteiger partial charge in [0.05, 0.1) is 0 Å². The van der Waals surface area contributed by atoms with Crippen molar-refractivity contribution in [3.8, 4) is 0 Å². The molecule has 0 aromatic carbocycles. The molecule has 2 N–H and O–H groups in total. The van der Waals surface area contributed by atoms with Gasteiger partial charge in [-0.1, -0.05) is 0 Å². The smallest absolute Gasteiger partial charge is 0.414 e. The Morgan fingerprint density at radius 2 is 1.25 bits per heavy atom. The van der Waals surface area contributed by atoms with E-state index in [9.17, 15) is 0 Å². The molecule has 64 valence electrons. The number of hydrogen-bond donors (Lipinski definition) is 2. The van der Waals surface area contributed by atoms with E-state index in [4.69, 9.17) is 19.8 Å². The quantitative estimate of drug-likeness (QED) is 0.515. The average Bonchev–Trinajstić information content (AvgIpc) is 2.08. The third-order valence-corrected chi connectivity index (χ3v) is 0.666. The summed E-state index contributed by atoms with van der Waals surface area (Å²) in [6, 6.07) is 3.65. The van der Waals surface area contributed by atoms with Gasteiger partial charge in [-0.05, 0) is 12.1 Å². The highest BCUT2D eigenvalue weighted by Crippen LogP contribution is 1.68. The summed E-state index contributed by atoms with van der Waals surface area (Å²) in [5.41, 5.74) is 0. The molecule has 0 radical (unpaired) electrons. The van der Waals surface area contributed by atoms with Crippen molar-refractivity contribution in [3.05, 3.63) is 24.5 Å². The Balaban J connectivity index is 0.000000202. The Kier molecular flexibility index (Phi) is 4.83. The fourth-order valence-corrected chi connectivity index (χ4v) is 0.253. The maximum atomic E-state index is 9.10. The second-order valence-corrected chi connectivity index (χ2v) is 1.52. The van der Waals surface area contributed by atoms with Crippen molar-refractivity contribution in [2.24, 2.45) is 0 Å². The van der Waals surface area contributed by atoms with Crippen LogP contribution < -0.4 is 0 Å². The van der Waals surface area contributed by atoms with Gasteiger partial charge in [0.2, 0.25) is 0 Å². The highest BCUT2D eigenvalue weighted by molar-refractivity contribution is 6.27. The predicted molar refractivity (Wildman–Crippen MR) is 37.3 cm³/mol. The van der Waals surface area contributed by atoms with Crippen LogP contribution in [0.5, 0.6) is 0 Å². The van der Waals surface area contributed by atoms with Crippen molar-refractivity contribution in [1.82, 2.24) is 10.2 Å². The lowest BCUT2D eigenvalue weighted by Crippen LogP contribution is -2.09. The van der Waals surface area contributed by atoms with Crippen molar-refractivity contribution < 1.29 is 19.8 Å². The van der Waals surface area contributed by atoms with E-state index in [0.29, 0.717) is 0 Å². The second-order valence-electron chi connectivity index (χ2n) is 1.52. The average molecular weight is 170 g/mol. The van der Waals surface area contributed by atoms with Crippen LogP contribution in [0.15, 0.2) is 24.5 Å². The zero-order chi connectivity index (χ0) is 9.40.